The third kappa shape index (κ3) is 3.66. The van der Waals surface area contributed by atoms with Crippen LogP contribution >= 0.6 is 11.6 Å². The van der Waals surface area contributed by atoms with Crippen LogP contribution < -0.4 is 15.4 Å². The number of rotatable bonds is 4. The zero-order valence-corrected chi connectivity index (χ0v) is 17.5. The number of carbonyl (C=O) groups is 2. The lowest BCUT2D eigenvalue weighted by Crippen LogP contribution is -2.32. The number of amides is 1. The predicted molar refractivity (Wildman–Crippen MR) is 113 cm³/mol. The number of fused-ring (bicyclic) bond motifs is 1. The van der Waals surface area contributed by atoms with E-state index >= 15 is 0 Å². The molecule has 0 saturated heterocycles. The Kier molecular flexibility index (Phi) is 5.24. The summed E-state index contributed by atoms with van der Waals surface area (Å²) >= 11 is 6.59. The Morgan fingerprint density at radius 1 is 1.29 bits per heavy atom. The monoisotopic (exact) mass is 442 g/mol. The van der Waals surface area contributed by atoms with Crippen LogP contribution in [0.1, 0.15) is 21.7 Å². The summed E-state index contributed by atoms with van der Waals surface area (Å²) in [5.41, 5.74) is 9.36. The van der Waals surface area contributed by atoms with Gasteiger partial charge < -0.3 is 20.5 Å². The number of nitrogens with zero attached hydrogens (tertiary/aromatic N) is 5. The average molecular weight is 443 g/mol. The Morgan fingerprint density at radius 2 is 2.06 bits per heavy atom. The van der Waals surface area contributed by atoms with E-state index < -0.39 is 5.97 Å². The van der Waals surface area contributed by atoms with Gasteiger partial charge in [0, 0.05) is 22.5 Å². The number of carbonyl (C=O) groups excluding carboxylic acids is 1. The predicted octanol–water partition coefficient (Wildman–Crippen LogP) is 2.32. The number of anilines is 2. The summed E-state index contributed by atoms with van der Waals surface area (Å²) < 4.78 is 6.98. The van der Waals surface area contributed by atoms with Gasteiger partial charge in [0.1, 0.15) is 30.9 Å². The molecule has 0 bridgehead atoms. The lowest BCUT2D eigenvalue weighted by atomic mass is 10.0. The van der Waals surface area contributed by atoms with Crippen LogP contribution in [0.4, 0.5) is 11.5 Å². The fourth-order valence-corrected chi connectivity index (χ4v) is 3.92. The quantitative estimate of drug-likeness (QED) is 0.628. The number of carboxylic acids is 1. The Balaban J connectivity index is 1.72. The van der Waals surface area contributed by atoms with Crippen molar-refractivity contribution in [2.45, 2.75) is 20.4 Å². The van der Waals surface area contributed by atoms with E-state index in [1.807, 2.05) is 0 Å². The first-order valence-corrected chi connectivity index (χ1v) is 9.76. The van der Waals surface area contributed by atoms with E-state index in [1.54, 1.807) is 32.0 Å². The second-order valence-corrected chi connectivity index (χ2v) is 7.41. The normalized spacial score (nSPS) is 13.5. The average Bonchev–Trinajstić information content (AvgIpc) is 2.86. The summed E-state index contributed by atoms with van der Waals surface area (Å²) in [6.07, 6.45) is 1.25. The molecular formula is C20H19ClN6O4. The summed E-state index contributed by atoms with van der Waals surface area (Å²) in [4.78, 5) is 33.6. The minimum atomic E-state index is -0.982. The number of carboxylic acid groups (broad SMARTS) is 1. The number of nitrogen functional groups attached to an aromatic ring is 1. The first-order chi connectivity index (χ1) is 14.8. The molecule has 0 aliphatic carbocycles. The van der Waals surface area contributed by atoms with Gasteiger partial charge in [0.25, 0.3) is 5.91 Å². The number of hydrogen-bond acceptors (Lipinski definition) is 7. The summed E-state index contributed by atoms with van der Waals surface area (Å²) in [6.45, 7) is 3.85. The van der Waals surface area contributed by atoms with E-state index in [4.69, 9.17) is 27.2 Å². The molecule has 1 aliphatic heterocycles. The van der Waals surface area contributed by atoms with Crippen molar-refractivity contribution in [1.82, 2.24) is 19.7 Å². The number of hydrogen-bond donors (Lipinski definition) is 2. The summed E-state index contributed by atoms with van der Waals surface area (Å²) in [7, 11) is 0. The molecule has 1 amide bonds. The number of aliphatic carboxylic acids is 1. The van der Waals surface area contributed by atoms with Crippen LogP contribution in [0, 0.1) is 13.8 Å². The SMILES string of the molecule is Cc1nn(CC(=O)O)c(C)c1-c1ccc(N2CCOc3ncnc(N)c3C2=O)cc1Cl. The number of halogens is 1. The molecule has 0 atom stereocenters. The molecular weight excluding hydrogens is 424 g/mol. The van der Waals surface area contributed by atoms with E-state index in [9.17, 15) is 9.59 Å². The molecule has 31 heavy (non-hydrogen) atoms. The maximum absolute atomic E-state index is 13.1. The number of ether oxygens (including phenoxy) is 1. The van der Waals surface area contributed by atoms with Crippen LogP contribution in [0.25, 0.3) is 11.1 Å². The van der Waals surface area contributed by atoms with E-state index in [0.29, 0.717) is 27.7 Å². The van der Waals surface area contributed by atoms with E-state index in [0.717, 1.165) is 5.56 Å². The minimum Gasteiger partial charge on any atom is -0.480 e. The molecule has 11 heteroatoms. The van der Waals surface area contributed by atoms with Gasteiger partial charge in [-0.05, 0) is 26.0 Å². The molecule has 4 rings (SSSR count). The smallest absolute Gasteiger partial charge is 0.325 e. The van der Waals surface area contributed by atoms with Gasteiger partial charge in [-0.2, -0.15) is 5.10 Å². The largest absolute Gasteiger partial charge is 0.480 e. The number of aryl methyl sites for hydroxylation is 1. The fraction of sp³-hybridized carbons (Fsp3) is 0.250. The van der Waals surface area contributed by atoms with Crippen LogP contribution in [-0.2, 0) is 11.3 Å². The first-order valence-electron chi connectivity index (χ1n) is 9.38. The molecule has 0 saturated carbocycles. The van der Waals surface area contributed by atoms with Gasteiger partial charge in [0.05, 0.1) is 17.3 Å². The summed E-state index contributed by atoms with van der Waals surface area (Å²) in [5.74, 6) is -1.17. The van der Waals surface area contributed by atoms with Crippen LogP contribution in [0.2, 0.25) is 5.02 Å². The van der Waals surface area contributed by atoms with Crippen molar-refractivity contribution >= 4 is 35.0 Å². The molecule has 3 heterocycles. The second-order valence-electron chi connectivity index (χ2n) is 7.01. The van der Waals surface area contributed by atoms with Crippen LogP contribution in [0.3, 0.4) is 0 Å². The Hall–Kier alpha value is -3.66. The molecule has 3 N–H and O–H groups in total. The van der Waals surface area contributed by atoms with Gasteiger partial charge in [-0.15, -0.1) is 0 Å². The molecule has 160 valence electrons. The van der Waals surface area contributed by atoms with Gasteiger partial charge in [-0.3, -0.25) is 14.3 Å². The van der Waals surface area contributed by atoms with Crippen molar-refractivity contribution in [3.63, 3.8) is 0 Å². The number of benzene rings is 1. The van der Waals surface area contributed by atoms with Crippen LogP contribution in [-0.4, -0.2) is 49.9 Å². The van der Waals surface area contributed by atoms with Crippen LogP contribution in [0.5, 0.6) is 5.88 Å². The topological polar surface area (TPSA) is 136 Å². The highest BCUT2D eigenvalue weighted by atomic mass is 35.5. The molecule has 1 aliphatic rings. The van der Waals surface area contributed by atoms with E-state index in [2.05, 4.69) is 15.1 Å². The molecule has 3 aromatic rings. The molecule has 0 fully saturated rings. The Bertz CT molecular complexity index is 1210. The Morgan fingerprint density at radius 3 is 2.77 bits per heavy atom. The molecule has 10 nitrogen and oxygen atoms in total. The van der Waals surface area contributed by atoms with Crippen molar-refractivity contribution in [3.05, 3.63) is 46.5 Å². The van der Waals surface area contributed by atoms with Gasteiger partial charge in [0.15, 0.2) is 0 Å². The van der Waals surface area contributed by atoms with Gasteiger partial charge in [0.2, 0.25) is 5.88 Å². The highest BCUT2D eigenvalue weighted by Crippen LogP contribution is 2.36. The summed E-state index contributed by atoms with van der Waals surface area (Å²) in [6, 6.07) is 5.22. The lowest BCUT2D eigenvalue weighted by molar-refractivity contribution is -0.137. The van der Waals surface area contributed by atoms with Crippen molar-refractivity contribution < 1.29 is 19.4 Å². The standard InChI is InChI=1S/C20H19ClN6O4/c1-10-16(11(2)27(25-10)8-15(28)29)13-4-3-12(7-14(13)21)26-5-6-31-19-17(20(26)30)18(22)23-9-24-19/h3-4,7,9H,5-6,8H2,1-2H3,(H,28,29)(H2,22,23,24). The van der Waals surface area contributed by atoms with Crippen molar-refractivity contribution in [3.8, 4) is 17.0 Å². The molecule has 0 spiro atoms. The minimum absolute atomic E-state index is 0.0433. The van der Waals surface area contributed by atoms with Crippen molar-refractivity contribution in [2.24, 2.45) is 0 Å². The van der Waals surface area contributed by atoms with Crippen LogP contribution in [0.15, 0.2) is 24.5 Å². The van der Waals surface area contributed by atoms with Gasteiger partial charge in [-0.25, -0.2) is 9.97 Å². The van der Waals surface area contributed by atoms with Gasteiger partial charge >= 0.3 is 5.97 Å². The maximum Gasteiger partial charge on any atom is 0.325 e. The molecule has 2 aromatic heterocycles. The zero-order chi connectivity index (χ0) is 22.3. The highest BCUT2D eigenvalue weighted by molar-refractivity contribution is 6.33. The third-order valence-corrected chi connectivity index (χ3v) is 5.37. The first kappa shape index (κ1) is 20.6. The zero-order valence-electron chi connectivity index (χ0n) is 16.8. The second kappa shape index (κ2) is 7.88. The maximum atomic E-state index is 13.1. The van der Waals surface area contributed by atoms with Crippen molar-refractivity contribution in [2.75, 3.05) is 23.8 Å². The number of aromatic nitrogens is 4. The van der Waals surface area contributed by atoms with E-state index in [1.165, 1.54) is 15.9 Å². The van der Waals surface area contributed by atoms with Gasteiger partial charge in [-0.1, -0.05) is 17.7 Å². The Labute approximate surface area is 182 Å². The highest BCUT2D eigenvalue weighted by Gasteiger charge is 2.29. The number of nitrogens with two attached hydrogens (primary N) is 1. The van der Waals surface area contributed by atoms with E-state index in [-0.39, 0.29) is 42.9 Å². The molecule has 0 radical (unpaired) electrons. The molecule has 1 aromatic carbocycles. The molecule has 0 unspecified atom stereocenters. The summed E-state index contributed by atoms with van der Waals surface area (Å²) in [5, 5.41) is 13.8. The lowest BCUT2D eigenvalue weighted by Gasteiger charge is -2.21. The third-order valence-electron chi connectivity index (χ3n) is 5.05. The van der Waals surface area contributed by atoms with Crippen molar-refractivity contribution in [1.29, 1.82) is 0 Å². The fourth-order valence-electron chi connectivity index (χ4n) is 3.65.